The first kappa shape index (κ1) is 18.3. The van der Waals surface area contributed by atoms with Crippen LogP contribution >= 0.6 is 0 Å². The Morgan fingerprint density at radius 1 is 1.19 bits per heavy atom. The van der Waals surface area contributed by atoms with Crippen LogP contribution in [0.15, 0.2) is 48.5 Å². The summed E-state index contributed by atoms with van der Waals surface area (Å²) in [6, 6.07) is 10.3. The van der Waals surface area contributed by atoms with Gasteiger partial charge >= 0.3 is 6.03 Å². The maximum absolute atomic E-state index is 12.9. The summed E-state index contributed by atoms with van der Waals surface area (Å²) in [5, 5.41) is 16.1. The predicted molar refractivity (Wildman–Crippen MR) is 96.7 cm³/mol. The Morgan fingerprint density at radius 3 is 2.41 bits per heavy atom. The molecule has 2 aromatic rings. The topological polar surface area (TPSA) is 105 Å². The van der Waals surface area contributed by atoms with Gasteiger partial charge in [0.2, 0.25) is 5.91 Å². The zero-order valence-electron chi connectivity index (χ0n) is 14.4. The van der Waals surface area contributed by atoms with Crippen LogP contribution in [0.4, 0.5) is 26.2 Å². The van der Waals surface area contributed by atoms with Crippen molar-refractivity contribution in [2.75, 3.05) is 10.2 Å². The number of urea groups is 1. The zero-order valence-corrected chi connectivity index (χ0v) is 14.4. The van der Waals surface area contributed by atoms with E-state index in [0.29, 0.717) is 17.8 Å². The maximum atomic E-state index is 12.9. The Kier molecular flexibility index (Phi) is 5.02. The van der Waals surface area contributed by atoms with Crippen molar-refractivity contribution in [3.05, 3.63) is 64.5 Å². The highest BCUT2D eigenvalue weighted by atomic mass is 19.1. The Morgan fingerprint density at radius 2 is 1.81 bits per heavy atom. The lowest BCUT2D eigenvalue weighted by atomic mass is 10.1. The molecular weight excluding hydrogens is 355 g/mol. The smallest absolute Gasteiger partial charge is 0.317 e. The molecular formula is C18H17FN4O4. The minimum absolute atomic E-state index is 0.0861. The fraction of sp³-hybridized carbons (Fsp3) is 0.222. The van der Waals surface area contributed by atoms with E-state index in [2.05, 4.69) is 10.6 Å². The van der Waals surface area contributed by atoms with Gasteiger partial charge in [-0.3, -0.25) is 19.8 Å². The molecule has 8 nitrogen and oxygen atoms in total. The summed E-state index contributed by atoms with van der Waals surface area (Å²) in [4.78, 5) is 36.4. The lowest BCUT2D eigenvalue weighted by Crippen LogP contribution is -2.47. The molecule has 1 fully saturated rings. The molecule has 2 N–H and O–H groups in total. The van der Waals surface area contributed by atoms with Gasteiger partial charge in [-0.1, -0.05) is 6.92 Å². The van der Waals surface area contributed by atoms with Crippen LogP contribution in [0.5, 0.6) is 0 Å². The van der Waals surface area contributed by atoms with E-state index in [-0.39, 0.29) is 17.5 Å². The molecule has 0 bridgehead atoms. The van der Waals surface area contributed by atoms with Crippen molar-refractivity contribution >= 4 is 29.0 Å². The van der Waals surface area contributed by atoms with Crippen LogP contribution in [-0.4, -0.2) is 23.0 Å². The number of nitro benzene ring substituents is 1. The van der Waals surface area contributed by atoms with Gasteiger partial charge in [0, 0.05) is 29.4 Å². The van der Waals surface area contributed by atoms with Gasteiger partial charge in [-0.05, 0) is 42.8 Å². The number of carbonyl (C=O) groups excluding carboxylic acids is 2. The van der Waals surface area contributed by atoms with Crippen LogP contribution < -0.4 is 15.5 Å². The van der Waals surface area contributed by atoms with Crippen molar-refractivity contribution in [1.29, 1.82) is 0 Å². The summed E-state index contributed by atoms with van der Waals surface area (Å²) < 4.78 is 12.9. The Bertz CT molecular complexity index is 870. The molecule has 27 heavy (non-hydrogen) atoms. The molecule has 0 aliphatic carbocycles. The first-order chi connectivity index (χ1) is 12.8. The molecule has 1 heterocycles. The van der Waals surface area contributed by atoms with Crippen molar-refractivity contribution in [3.8, 4) is 0 Å². The Hall–Kier alpha value is -3.49. The third-order valence-corrected chi connectivity index (χ3v) is 4.29. The van der Waals surface area contributed by atoms with Crippen LogP contribution in [-0.2, 0) is 4.79 Å². The third kappa shape index (κ3) is 4.02. The minimum atomic E-state index is -0.602. The number of non-ortho nitro benzene ring substituents is 1. The summed E-state index contributed by atoms with van der Waals surface area (Å²) in [6.07, 6.45) is -0.207. The normalized spacial score (nSPS) is 19.0. The molecule has 3 amide bonds. The number of amides is 3. The number of carbonyl (C=O) groups is 2. The zero-order chi connectivity index (χ0) is 19.6. The number of nitrogens with zero attached hydrogens (tertiary/aromatic N) is 2. The fourth-order valence-corrected chi connectivity index (χ4v) is 2.95. The van der Waals surface area contributed by atoms with E-state index in [1.807, 2.05) is 0 Å². The molecule has 0 saturated carbocycles. The first-order valence-electron chi connectivity index (χ1n) is 8.26. The largest absolute Gasteiger partial charge is 0.320 e. The quantitative estimate of drug-likeness (QED) is 0.635. The molecule has 0 aromatic heterocycles. The summed E-state index contributed by atoms with van der Waals surface area (Å²) in [5.41, 5.74) is 0.784. The third-order valence-electron chi connectivity index (χ3n) is 4.29. The highest BCUT2D eigenvalue weighted by Gasteiger charge is 2.38. The molecule has 0 spiro atoms. The van der Waals surface area contributed by atoms with Gasteiger partial charge in [-0.15, -0.1) is 0 Å². The van der Waals surface area contributed by atoms with E-state index in [1.165, 1.54) is 53.4 Å². The number of halogens is 1. The molecule has 1 aliphatic heterocycles. The summed E-state index contributed by atoms with van der Waals surface area (Å²) in [5.74, 6) is -0.909. The number of benzene rings is 2. The molecule has 2 aromatic carbocycles. The van der Waals surface area contributed by atoms with E-state index in [4.69, 9.17) is 0 Å². The summed E-state index contributed by atoms with van der Waals surface area (Å²) in [6.45, 7) is 1.75. The van der Waals surface area contributed by atoms with Crippen LogP contribution in [0.1, 0.15) is 13.3 Å². The first-order valence-corrected chi connectivity index (χ1v) is 8.26. The second kappa shape index (κ2) is 7.40. The highest BCUT2D eigenvalue weighted by Crippen LogP contribution is 2.30. The minimum Gasteiger partial charge on any atom is -0.317 e. The second-order valence-electron chi connectivity index (χ2n) is 6.24. The van der Waals surface area contributed by atoms with Crippen molar-refractivity contribution in [3.63, 3.8) is 0 Å². The standard InChI is InChI=1S/C18H17FN4O4/c1-11-10-16(21-18(25)20-13-4-2-12(19)3-5-13)22(17(11)24)14-6-8-15(9-7-14)23(26)27/h2-9,11,16H,10H2,1H3,(H2,20,21,25)/t11-,16+/m1/s1. The van der Waals surface area contributed by atoms with Crippen molar-refractivity contribution in [2.24, 2.45) is 5.92 Å². The molecule has 0 unspecified atom stereocenters. The van der Waals surface area contributed by atoms with Gasteiger partial charge in [0.15, 0.2) is 0 Å². The van der Waals surface area contributed by atoms with Gasteiger partial charge < -0.3 is 10.6 Å². The number of hydrogen-bond acceptors (Lipinski definition) is 4. The van der Waals surface area contributed by atoms with Gasteiger partial charge in [-0.25, -0.2) is 9.18 Å². The van der Waals surface area contributed by atoms with Crippen molar-refractivity contribution in [2.45, 2.75) is 19.5 Å². The van der Waals surface area contributed by atoms with E-state index < -0.39 is 22.9 Å². The van der Waals surface area contributed by atoms with E-state index in [1.54, 1.807) is 6.92 Å². The van der Waals surface area contributed by atoms with Crippen LogP contribution in [0.2, 0.25) is 0 Å². The molecule has 3 rings (SSSR count). The molecule has 0 radical (unpaired) electrons. The molecule has 140 valence electrons. The van der Waals surface area contributed by atoms with E-state index in [0.717, 1.165) is 0 Å². The number of hydrogen-bond donors (Lipinski definition) is 2. The van der Waals surface area contributed by atoms with Gasteiger partial charge in [0.25, 0.3) is 5.69 Å². The molecule has 2 atom stereocenters. The number of nitro groups is 1. The van der Waals surface area contributed by atoms with Crippen LogP contribution in [0.25, 0.3) is 0 Å². The van der Waals surface area contributed by atoms with Crippen molar-refractivity contribution < 1.29 is 18.9 Å². The Labute approximate surface area is 154 Å². The SMILES string of the molecule is C[C@@H]1C[C@@H](NC(=O)Nc2ccc(F)cc2)N(c2ccc([N+](=O)[O-])cc2)C1=O. The summed E-state index contributed by atoms with van der Waals surface area (Å²) >= 11 is 0. The molecule has 1 aliphatic rings. The Balaban J connectivity index is 1.74. The summed E-state index contributed by atoms with van der Waals surface area (Å²) in [7, 11) is 0. The van der Waals surface area contributed by atoms with Gasteiger partial charge in [0.05, 0.1) is 4.92 Å². The molecule has 1 saturated heterocycles. The van der Waals surface area contributed by atoms with E-state index >= 15 is 0 Å². The van der Waals surface area contributed by atoms with Crippen molar-refractivity contribution in [1.82, 2.24) is 5.32 Å². The van der Waals surface area contributed by atoms with E-state index in [9.17, 15) is 24.1 Å². The predicted octanol–water partition coefficient (Wildman–Crippen LogP) is 3.25. The number of nitrogens with one attached hydrogen (secondary N) is 2. The highest BCUT2D eigenvalue weighted by molar-refractivity contribution is 5.99. The second-order valence-corrected chi connectivity index (χ2v) is 6.24. The number of rotatable bonds is 4. The van der Waals surface area contributed by atoms with Gasteiger partial charge in [0.1, 0.15) is 12.0 Å². The maximum Gasteiger partial charge on any atom is 0.320 e. The van der Waals surface area contributed by atoms with Gasteiger partial charge in [-0.2, -0.15) is 0 Å². The average Bonchev–Trinajstić information content (AvgIpc) is 2.90. The van der Waals surface area contributed by atoms with Crippen LogP contribution in [0, 0.1) is 21.8 Å². The fourth-order valence-electron chi connectivity index (χ4n) is 2.95. The number of anilines is 2. The average molecular weight is 372 g/mol. The monoisotopic (exact) mass is 372 g/mol. The lowest BCUT2D eigenvalue weighted by molar-refractivity contribution is -0.384. The van der Waals surface area contributed by atoms with Crippen LogP contribution in [0.3, 0.4) is 0 Å². The lowest BCUT2D eigenvalue weighted by Gasteiger charge is -2.25. The molecule has 9 heteroatoms.